The molecule has 3 aliphatic rings. The van der Waals surface area contributed by atoms with Gasteiger partial charge in [0.1, 0.15) is 5.54 Å². The first-order chi connectivity index (χ1) is 12.0. The highest BCUT2D eigenvalue weighted by Gasteiger charge is 2.51. The second kappa shape index (κ2) is 7.48. The molecule has 1 N–H and O–H groups in total. The predicted octanol–water partition coefficient (Wildman–Crippen LogP) is 0.952. The summed E-state index contributed by atoms with van der Waals surface area (Å²) in [5.41, 5.74) is -0.683. The number of hydrogen-bond donors (Lipinski definition) is 1. The molecule has 2 atom stereocenters. The number of amides is 1. The number of halogens is 1. The third kappa shape index (κ3) is 3.16. The Morgan fingerprint density at radius 3 is 2.62 bits per heavy atom. The summed E-state index contributed by atoms with van der Waals surface area (Å²) >= 11 is 0. The Kier molecular flexibility index (Phi) is 5.65. The van der Waals surface area contributed by atoms with Gasteiger partial charge in [-0.3, -0.25) is 9.48 Å². The van der Waals surface area contributed by atoms with Crippen molar-refractivity contribution >= 4 is 28.2 Å². The minimum absolute atomic E-state index is 0. The highest BCUT2D eigenvalue weighted by molar-refractivity contribution is 7.92. The summed E-state index contributed by atoms with van der Waals surface area (Å²) in [6.07, 6.45) is 8.37. The number of carbonyl (C=O) groups is 1. The van der Waals surface area contributed by atoms with Gasteiger partial charge in [0.05, 0.1) is 11.0 Å². The molecule has 4 rings (SSSR count). The maximum absolute atomic E-state index is 13.7. The molecule has 0 spiro atoms. The lowest BCUT2D eigenvalue weighted by Crippen LogP contribution is -2.64. The molecule has 2 saturated heterocycles. The van der Waals surface area contributed by atoms with Crippen LogP contribution < -0.4 is 5.32 Å². The van der Waals surface area contributed by atoms with Gasteiger partial charge in [-0.15, -0.1) is 12.4 Å². The van der Waals surface area contributed by atoms with Crippen molar-refractivity contribution in [3.05, 3.63) is 18.5 Å². The van der Waals surface area contributed by atoms with Gasteiger partial charge in [-0.2, -0.15) is 5.10 Å². The van der Waals surface area contributed by atoms with Crippen LogP contribution >= 0.6 is 12.4 Å². The smallest absolute Gasteiger partial charge is 0.250 e. The zero-order valence-corrected chi connectivity index (χ0v) is 16.5. The van der Waals surface area contributed by atoms with Crippen molar-refractivity contribution in [2.45, 2.75) is 55.4 Å². The summed E-state index contributed by atoms with van der Waals surface area (Å²) in [5, 5.41) is 7.33. The van der Waals surface area contributed by atoms with Crippen molar-refractivity contribution in [1.29, 1.82) is 0 Å². The van der Waals surface area contributed by atoms with E-state index in [1.165, 1.54) is 0 Å². The lowest BCUT2D eigenvalue weighted by Gasteiger charge is -2.48. The van der Waals surface area contributed by atoms with E-state index in [4.69, 9.17) is 0 Å². The van der Waals surface area contributed by atoms with E-state index in [2.05, 4.69) is 10.4 Å². The molecule has 0 bridgehead atoms. The topological polar surface area (TPSA) is 84.3 Å². The fourth-order valence-electron chi connectivity index (χ4n) is 4.82. The van der Waals surface area contributed by atoms with Gasteiger partial charge in [0.15, 0.2) is 9.84 Å². The molecule has 2 aliphatic heterocycles. The Hall–Kier alpha value is -1.12. The largest absolute Gasteiger partial charge is 0.335 e. The molecule has 3 heterocycles. The highest BCUT2D eigenvalue weighted by Crippen LogP contribution is 2.36. The summed E-state index contributed by atoms with van der Waals surface area (Å²) in [6.45, 7) is 1.86. The Morgan fingerprint density at radius 1 is 1.19 bits per heavy atom. The van der Waals surface area contributed by atoms with Gasteiger partial charge in [-0.1, -0.05) is 12.8 Å². The average Bonchev–Trinajstić information content (AvgIpc) is 3.17. The van der Waals surface area contributed by atoms with Gasteiger partial charge in [0.25, 0.3) is 5.91 Å². The normalized spacial score (nSPS) is 30.1. The summed E-state index contributed by atoms with van der Waals surface area (Å²) in [5.74, 6) is 0.150. The number of piperidine rings is 1. The Bertz CT molecular complexity index is 731. The summed E-state index contributed by atoms with van der Waals surface area (Å²) in [6, 6.07) is 1.68. The number of fused-ring (bicyclic) bond motifs is 1. The number of rotatable bonds is 2. The monoisotopic (exact) mass is 402 g/mol. The maximum atomic E-state index is 13.7. The number of nitrogens with one attached hydrogen (secondary N) is 1. The number of hydrogen-bond acceptors (Lipinski definition) is 5. The third-order valence-corrected chi connectivity index (χ3v) is 8.40. The lowest BCUT2D eigenvalue weighted by atomic mass is 9.84. The molecule has 7 nitrogen and oxygen atoms in total. The standard InChI is InChI=1S/C17H26N4O3S.ClH/c22-16(17(6-9-18-10-7-17)21-11-3-8-19-21)20-12-13-25(23,24)15-5-2-1-4-14(15)20;/h3,8,11,14-15,18H,1-2,4-7,9-10,12-13H2;1H. The molecule has 146 valence electrons. The molecule has 1 saturated carbocycles. The van der Waals surface area contributed by atoms with Gasteiger partial charge in [0, 0.05) is 25.0 Å². The Labute approximate surface area is 160 Å². The van der Waals surface area contributed by atoms with Crippen LogP contribution in [0.5, 0.6) is 0 Å². The van der Waals surface area contributed by atoms with Gasteiger partial charge >= 0.3 is 0 Å². The zero-order valence-electron chi connectivity index (χ0n) is 14.8. The van der Waals surface area contributed by atoms with Crippen LogP contribution in [0.4, 0.5) is 0 Å². The molecule has 0 radical (unpaired) electrons. The van der Waals surface area contributed by atoms with E-state index < -0.39 is 15.4 Å². The SMILES string of the molecule is Cl.O=C(N1CCS(=O)(=O)C2CCCCC21)C1(n2cccn2)CCNCC1. The molecule has 9 heteroatoms. The summed E-state index contributed by atoms with van der Waals surface area (Å²) in [7, 11) is -3.08. The van der Waals surface area contributed by atoms with Crippen molar-refractivity contribution in [2.24, 2.45) is 0 Å². The van der Waals surface area contributed by atoms with Crippen molar-refractivity contribution in [2.75, 3.05) is 25.4 Å². The van der Waals surface area contributed by atoms with Crippen molar-refractivity contribution in [3.8, 4) is 0 Å². The van der Waals surface area contributed by atoms with Crippen LogP contribution in [0, 0.1) is 0 Å². The van der Waals surface area contributed by atoms with Crippen molar-refractivity contribution < 1.29 is 13.2 Å². The molecular formula is C17H27ClN4O3S. The van der Waals surface area contributed by atoms with Crippen LogP contribution in [0.25, 0.3) is 0 Å². The highest BCUT2D eigenvalue weighted by atomic mass is 35.5. The molecular weight excluding hydrogens is 376 g/mol. The number of sulfone groups is 1. The van der Waals surface area contributed by atoms with E-state index in [1.807, 2.05) is 17.2 Å². The Morgan fingerprint density at radius 2 is 1.92 bits per heavy atom. The zero-order chi connectivity index (χ0) is 17.5. The van der Waals surface area contributed by atoms with Gasteiger partial charge in [-0.05, 0) is 44.8 Å². The van der Waals surface area contributed by atoms with E-state index in [-0.39, 0.29) is 35.4 Å². The van der Waals surface area contributed by atoms with E-state index in [0.717, 1.165) is 32.4 Å². The molecule has 1 aliphatic carbocycles. The number of nitrogens with zero attached hydrogens (tertiary/aromatic N) is 3. The van der Waals surface area contributed by atoms with Crippen LogP contribution in [0.2, 0.25) is 0 Å². The Balaban J connectivity index is 0.00000196. The second-order valence-electron chi connectivity index (χ2n) is 7.49. The quantitative estimate of drug-likeness (QED) is 0.796. The summed E-state index contributed by atoms with van der Waals surface area (Å²) < 4.78 is 26.8. The number of carbonyl (C=O) groups excluding carboxylic acids is 1. The molecule has 3 fully saturated rings. The fourth-order valence-corrected chi connectivity index (χ4v) is 6.86. The average molecular weight is 403 g/mol. The molecule has 0 aromatic carbocycles. The first-order valence-corrected chi connectivity index (χ1v) is 11.0. The van der Waals surface area contributed by atoms with Crippen LogP contribution in [-0.4, -0.2) is 65.7 Å². The minimum Gasteiger partial charge on any atom is -0.335 e. The first-order valence-electron chi connectivity index (χ1n) is 9.28. The molecule has 2 unspecified atom stereocenters. The van der Waals surface area contributed by atoms with Gasteiger partial charge in [0.2, 0.25) is 0 Å². The fraction of sp³-hybridized carbons (Fsp3) is 0.765. The van der Waals surface area contributed by atoms with Crippen molar-refractivity contribution in [1.82, 2.24) is 20.0 Å². The van der Waals surface area contributed by atoms with Gasteiger partial charge < -0.3 is 10.2 Å². The molecule has 26 heavy (non-hydrogen) atoms. The molecule has 1 aromatic rings. The van der Waals surface area contributed by atoms with Crippen LogP contribution in [0.3, 0.4) is 0 Å². The van der Waals surface area contributed by atoms with E-state index >= 15 is 0 Å². The first kappa shape index (κ1) is 19.6. The van der Waals surface area contributed by atoms with Crippen molar-refractivity contribution in [3.63, 3.8) is 0 Å². The lowest BCUT2D eigenvalue weighted by molar-refractivity contribution is -0.146. The van der Waals surface area contributed by atoms with Crippen LogP contribution in [0.15, 0.2) is 18.5 Å². The molecule has 1 aromatic heterocycles. The summed E-state index contributed by atoms with van der Waals surface area (Å²) in [4.78, 5) is 15.6. The second-order valence-corrected chi connectivity index (χ2v) is 9.83. The predicted molar refractivity (Wildman–Crippen MR) is 101 cm³/mol. The molecule has 1 amide bonds. The number of aromatic nitrogens is 2. The van der Waals surface area contributed by atoms with Crippen LogP contribution in [-0.2, 0) is 20.2 Å². The third-order valence-electron chi connectivity index (χ3n) is 6.18. The maximum Gasteiger partial charge on any atom is 0.250 e. The van der Waals surface area contributed by atoms with E-state index in [1.54, 1.807) is 10.9 Å². The van der Waals surface area contributed by atoms with Gasteiger partial charge in [-0.25, -0.2) is 8.42 Å². The minimum atomic E-state index is -3.08. The van der Waals surface area contributed by atoms with Crippen LogP contribution in [0.1, 0.15) is 38.5 Å². The van der Waals surface area contributed by atoms with E-state index in [0.29, 0.717) is 25.8 Å². The van der Waals surface area contributed by atoms with E-state index in [9.17, 15) is 13.2 Å².